The summed E-state index contributed by atoms with van der Waals surface area (Å²) in [6.45, 7) is 6.06. The van der Waals surface area contributed by atoms with E-state index in [2.05, 4.69) is 4.98 Å². The number of H-pyrrole nitrogens is 1. The number of hydrogen-bond acceptors (Lipinski definition) is 4. The van der Waals surface area contributed by atoms with Gasteiger partial charge in [0.25, 0.3) is 5.56 Å². The maximum absolute atomic E-state index is 11.9. The zero-order chi connectivity index (χ0) is 14.2. The van der Waals surface area contributed by atoms with Gasteiger partial charge in [0.15, 0.2) is 5.79 Å². The summed E-state index contributed by atoms with van der Waals surface area (Å²) in [6, 6.07) is 1.32. The molecule has 1 fully saturated rings. The van der Waals surface area contributed by atoms with E-state index in [1.54, 1.807) is 7.11 Å². The van der Waals surface area contributed by atoms with Crippen LogP contribution in [0.15, 0.2) is 21.9 Å². The average Bonchev–Trinajstić information content (AvgIpc) is 2.64. The minimum absolute atomic E-state index is 0.100. The van der Waals surface area contributed by atoms with E-state index in [4.69, 9.17) is 9.47 Å². The average molecular weight is 268 g/mol. The van der Waals surface area contributed by atoms with Gasteiger partial charge in [-0.1, -0.05) is 20.8 Å². The third-order valence-electron chi connectivity index (χ3n) is 4.22. The van der Waals surface area contributed by atoms with Crippen LogP contribution in [0.25, 0.3) is 0 Å². The van der Waals surface area contributed by atoms with Crippen LogP contribution in [0.1, 0.15) is 33.4 Å². The lowest BCUT2D eigenvalue weighted by molar-refractivity contribution is -0.241. The van der Waals surface area contributed by atoms with Gasteiger partial charge in [0.05, 0.1) is 0 Å². The van der Waals surface area contributed by atoms with Gasteiger partial charge in [-0.25, -0.2) is 4.79 Å². The van der Waals surface area contributed by atoms with Crippen LogP contribution in [-0.4, -0.2) is 22.4 Å². The van der Waals surface area contributed by atoms with E-state index in [1.165, 1.54) is 16.8 Å². The Bertz CT molecular complexity index is 558. The van der Waals surface area contributed by atoms with Crippen molar-refractivity contribution in [3.63, 3.8) is 0 Å². The van der Waals surface area contributed by atoms with E-state index >= 15 is 0 Å². The highest BCUT2D eigenvalue weighted by molar-refractivity contribution is 4.93. The fourth-order valence-corrected chi connectivity index (χ4v) is 2.79. The summed E-state index contributed by atoms with van der Waals surface area (Å²) in [4.78, 5) is 25.2. The van der Waals surface area contributed by atoms with Crippen molar-refractivity contribution in [1.82, 2.24) is 9.55 Å². The summed E-state index contributed by atoms with van der Waals surface area (Å²) in [6.07, 6.45) is 1.74. The number of nitrogens with zero attached hydrogens (tertiary/aromatic N) is 1. The van der Waals surface area contributed by atoms with Crippen LogP contribution in [-0.2, 0) is 9.47 Å². The molecule has 1 aliphatic rings. The van der Waals surface area contributed by atoms with Gasteiger partial charge in [-0.15, -0.1) is 0 Å². The second-order valence-electron chi connectivity index (χ2n) is 5.04. The predicted octanol–water partition coefficient (Wildman–Crippen LogP) is 1.09. The molecule has 0 spiro atoms. The summed E-state index contributed by atoms with van der Waals surface area (Å²) in [5, 5.41) is 0. The number of aromatic amines is 1. The first-order valence-corrected chi connectivity index (χ1v) is 6.49. The number of aromatic nitrogens is 2. The highest BCUT2D eigenvalue weighted by Gasteiger charge is 2.51. The van der Waals surface area contributed by atoms with Crippen molar-refractivity contribution < 1.29 is 9.47 Å². The predicted molar refractivity (Wildman–Crippen MR) is 69.8 cm³/mol. The Balaban J connectivity index is 2.42. The van der Waals surface area contributed by atoms with Crippen molar-refractivity contribution in [3.8, 4) is 0 Å². The summed E-state index contributed by atoms with van der Waals surface area (Å²) in [5.41, 5.74) is -0.868. The number of methoxy groups -OCH3 is 1. The molecule has 4 atom stereocenters. The Morgan fingerprint density at radius 1 is 1.47 bits per heavy atom. The topological polar surface area (TPSA) is 73.3 Å². The lowest BCUT2D eigenvalue weighted by atomic mass is 9.89. The second-order valence-corrected chi connectivity index (χ2v) is 5.04. The molecule has 0 saturated carbocycles. The van der Waals surface area contributed by atoms with Crippen LogP contribution >= 0.6 is 0 Å². The standard InChI is InChI=1S/C13H20N2O4/c1-5-13(18-4)9(3)8(2)11(19-13)15-7-6-10(16)14-12(15)17/h6-9,11H,5H2,1-4H3,(H,14,16,17)/t8-,9+,11-,13-/m1/s1. The zero-order valence-corrected chi connectivity index (χ0v) is 11.7. The lowest BCUT2D eigenvalue weighted by Crippen LogP contribution is -2.37. The van der Waals surface area contributed by atoms with Gasteiger partial charge in [-0.3, -0.25) is 14.3 Å². The molecule has 6 nitrogen and oxygen atoms in total. The van der Waals surface area contributed by atoms with Crippen molar-refractivity contribution in [2.45, 2.75) is 39.2 Å². The van der Waals surface area contributed by atoms with Crippen molar-refractivity contribution in [1.29, 1.82) is 0 Å². The van der Waals surface area contributed by atoms with Crippen LogP contribution in [0.5, 0.6) is 0 Å². The second kappa shape index (κ2) is 4.94. The van der Waals surface area contributed by atoms with Crippen molar-refractivity contribution in [3.05, 3.63) is 33.1 Å². The maximum atomic E-state index is 11.9. The van der Waals surface area contributed by atoms with Gasteiger partial charge in [0.2, 0.25) is 0 Å². The van der Waals surface area contributed by atoms with Crippen molar-refractivity contribution in [2.24, 2.45) is 11.8 Å². The molecular weight excluding hydrogens is 248 g/mol. The van der Waals surface area contributed by atoms with Crippen LogP contribution in [0.4, 0.5) is 0 Å². The smallest absolute Gasteiger partial charge is 0.330 e. The molecule has 106 valence electrons. The highest BCUT2D eigenvalue weighted by atomic mass is 16.7. The molecule has 0 amide bonds. The largest absolute Gasteiger partial charge is 0.353 e. The first-order valence-electron chi connectivity index (χ1n) is 6.49. The molecular formula is C13H20N2O4. The van der Waals surface area contributed by atoms with Crippen LogP contribution in [0.3, 0.4) is 0 Å². The van der Waals surface area contributed by atoms with Crippen LogP contribution in [0.2, 0.25) is 0 Å². The normalized spacial score (nSPS) is 34.6. The highest BCUT2D eigenvalue weighted by Crippen LogP contribution is 2.47. The molecule has 19 heavy (non-hydrogen) atoms. The monoisotopic (exact) mass is 268 g/mol. The molecule has 1 N–H and O–H groups in total. The van der Waals surface area contributed by atoms with Crippen molar-refractivity contribution >= 4 is 0 Å². The van der Waals surface area contributed by atoms with Crippen LogP contribution < -0.4 is 11.2 Å². The van der Waals surface area contributed by atoms with Gasteiger partial charge in [-0.05, 0) is 6.42 Å². The third-order valence-corrected chi connectivity index (χ3v) is 4.22. The number of nitrogens with one attached hydrogen (secondary N) is 1. The molecule has 1 aromatic rings. The molecule has 0 aliphatic carbocycles. The van der Waals surface area contributed by atoms with Crippen LogP contribution in [0, 0.1) is 11.8 Å². The fourth-order valence-electron chi connectivity index (χ4n) is 2.79. The number of hydrogen-bond donors (Lipinski definition) is 1. The Hall–Kier alpha value is -1.40. The fraction of sp³-hybridized carbons (Fsp3) is 0.692. The van der Waals surface area contributed by atoms with E-state index in [0.29, 0.717) is 6.42 Å². The molecule has 0 radical (unpaired) electrons. The molecule has 1 aromatic heterocycles. The first kappa shape index (κ1) is 14.0. The van der Waals surface area contributed by atoms with E-state index in [0.717, 1.165) is 0 Å². The molecule has 2 rings (SSSR count). The van der Waals surface area contributed by atoms with E-state index in [1.807, 2.05) is 20.8 Å². The summed E-state index contributed by atoms with van der Waals surface area (Å²) in [5.74, 6) is -0.436. The zero-order valence-electron chi connectivity index (χ0n) is 11.7. The molecule has 6 heteroatoms. The van der Waals surface area contributed by atoms with Gasteiger partial charge in [0, 0.05) is 31.2 Å². The summed E-state index contributed by atoms with van der Waals surface area (Å²) in [7, 11) is 1.62. The Kier molecular flexibility index (Phi) is 3.64. The minimum Gasteiger partial charge on any atom is -0.353 e. The number of ether oxygens (including phenoxy) is 2. The summed E-state index contributed by atoms with van der Waals surface area (Å²) < 4.78 is 12.9. The molecule has 0 bridgehead atoms. The Labute approximate surface area is 111 Å². The third kappa shape index (κ3) is 2.15. The number of rotatable bonds is 3. The molecule has 0 aromatic carbocycles. The van der Waals surface area contributed by atoms with Gasteiger partial charge >= 0.3 is 5.69 Å². The molecule has 2 heterocycles. The Morgan fingerprint density at radius 2 is 2.16 bits per heavy atom. The molecule has 0 unspecified atom stereocenters. The van der Waals surface area contributed by atoms with E-state index < -0.39 is 23.3 Å². The minimum atomic E-state index is -0.681. The SMILES string of the molecule is CC[C@@]1(OC)O[C@@H](n2ccc(=O)[nH]c2=O)[C@H](C)[C@@H]1C. The van der Waals surface area contributed by atoms with Gasteiger partial charge in [0.1, 0.15) is 6.23 Å². The lowest BCUT2D eigenvalue weighted by Gasteiger charge is -2.30. The molecule has 1 saturated heterocycles. The van der Waals surface area contributed by atoms with E-state index in [-0.39, 0.29) is 11.8 Å². The molecule has 1 aliphatic heterocycles. The van der Waals surface area contributed by atoms with Gasteiger partial charge < -0.3 is 9.47 Å². The Morgan fingerprint density at radius 3 is 2.63 bits per heavy atom. The van der Waals surface area contributed by atoms with Crippen molar-refractivity contribution in [2.75, 3.05) is 7.11 Å². The van der Waals surface area contributed by atoms with Gasteiger partial charge in [-0.2, -0.15) is 0 Å². The maximum Gasteiger partial charge on any atom is 0.330 e. The first-order chi connectivity index (χ1) is 8.95. The quantitative estimate of drug-likeness (QED) is 0.890. The van der Waals surface area contributed by atoms with E-state index in [9.17, 15) is 9.59 Å². The summed E-state index contributed by atoms with van der Waals surface area (Å²) >= 11 is 0.